The van der Waals surface area contributed by atoms with Crippen molar-refractivity contribution >= 4 is 6.08 Å². The van der Waals surface area contributed by atoms with Crippen LogP contribution in [0.15, 0.2) is 4.99 Å². The highest BCUT2D eigenvalue weighted by Crippen LogP contribution is 2.54. The Morgan fingerprint density at radius 3 is 2.50 bits per heavy atom. The van der Waals surface area contributed by atoms with Crippen molar-refractivity contribution in [2.24, 2.45) is 16.3 Å². The maximum absolute atomic E-state index is 10.4. The zero-order valence-corrected chi connectivity index (χ0v) is 9.18. The lowest BCUT2D eigenvalue weighted by atomic mass is 9.69. The van der Waals surface area contributed by atoms with E-state index >= 15 is 0 Å². The third kappa shape index (κ3) is 1.76. The van der Waals surface area contributed by atoms with Crippen LogP contribution in [-0.2, 0) is 4.79 Å². The van der Waals surface area contributed by atoms with Crippen LogP contribution >= 0.6 is 0 Å². The van der Waals surface area contributed by atoms with Gasteiger partial charge in [0.2, 0.25) is 6.08 Å². The highest BCUT2D eigenvalue weighted by molar-refractivity contribution is 5.37. The predicted molar refractivity (Wildman–Crippen MR) is 55.8 cm³/mol. The van der Waals surface area contributed by atoms with Gasteiger partial charge in [-0.1, -0.05) is 20.3 Å². The molecule has 0 aliphatic heterocycles. The maximum atomic E-state index is 10.4. The minimum atomic E-state index is 0.0272. The van der Waals surface area contributed by atoms with Crippen LogP contribution in [0.2, 0.25) is 0 Å². The first kappa shape index (κ1) is 9.92. The Bertz CT molecular complexity index is 272. The fraction of sp³-hybridized carbons (Fsp3) is 0.917. The van der Waals surface area contributed by atoms with Gasteiger partial charge in [-0.2, -0.15) is 4.99 Å². The predicted octanol–water partition coefficient (Wildman–Crippen LogP) is 3.07. The van der Waals surface area contributed by atoms with Gasteiger partial charge in [-0.05, 0) is 43.4 Å². The van der Waals surface area contributed by atoms with E-state index in [0.29, 0.717) is 11.3 Å². The summed E-state index contributed by atoms with van der Waals surface area (Å²) >= 11 is 0. The van der Waals surface area contributed by atoms with Gasteiger partial charge in [0.25, 0.3) is 0 Å². The summed E-state index contributed by atoms with van der Waals surface area (Å²) in [5.41, 5.74) is 0.482. The summed E-state index contributed by atoms with van der Waals surface area (Å²) in [6.45, 7) is 4.67. The minimum Gasteiger partial charge on any atom is -0.211 e. The van der Waals surface area contributed by atoms with Crippen LogP contribution in [0.4, 0.5) is 0 Å². The fourth-order valence-electron chi connectivity index (χ4n) is 2.99. The number of carbonyl (C=O) groups excluding carboxylic acids is 1. The zero-order chi connectivity index (χ0) is 10.2. The van der Waals surface area contributed by atoms with Crippen molar-refractivity contribution in [3.05, 3.63) is 0 Å². The van der Waals surface area contributed by atoms with Crippen LogP contribution in [0.5, 0.6) is 0 Å². The number of rotatable bonds is 2. The number of aliphatic imine (C=N–C) groups is 1. The quantitative estimate of drug-likeness (QED) is 0.489. The molecule has 2 rings (SSSR count). The number of hydrogen-bond donors (Lipinski definition) is 0. The number of hydrogen-bond acceptors (Lipinski definition) is 2. The topological polar surface area (TPSA) is 29.4 Å². The monoisotopic (exact) mass is 193 g/mol. The van der Waals surface area contributed by atoms with Crippen molar-refractivity contribution in [3.8, 4) is 0 Å². The Labute approximate surface area is 85.8 Å². The van der Waals surface area contributed by atoms with Crippen molar-refractivity contribution in [2.45, 2.75) is 57.9 Å². The second kappa shape index (κ2) is 3.20. The molecular formula is C12H19NO. The summed E-state index contributed by atoms with van der Waals surface area (Å²) < 4.78 is 0. The molecule has 0 bridgehead atoms. The average Bonchev–Trinajstić information content (AvgIpc) is 2.84. The Morgan fingerprint density at radius 2 is 2.00 bits per heavy atom. The molecule has 0 saturated heterocycles. The Balaban J connectivity index is 2.08. The van der Waals surface area contributed by atoms with Gasteiger partial charge >= 0.3 is 0 Å². The molecule has 2 saturated carbocycles. The van der Waals surface area contributed by atoms with Crippen LogP contribution in [0.1, 0.15) is 52.4 Å². The fourth-order valence-corrected chi connectivity index (χ4v) is 2.99. The summed E-state index contributed by atoms with van der Waals surface area (Å²) in [6.07, 6.45) is 9.11. The van der Waals surface area contributed by atoms with Crippen LogP contribution < -0.4 is 0 Å². The lowest BCUT2D eigenvalue weighted by Gasteiger charge is -2.37. The standard InChI is InChI=1S/C12H19NO/c1-11(2)5-3-4-10(8-11)12(6-7-12)13-9-14/h10H,3-8H2,1-2H3. The molecule has 2 nitrogen and oxygen atoms in total. The smallest absolute Gasteiger partial charge is 0.211 e. The van der Waals surface area contributed by atoms with Gasteiger partial charge in [-0.3, -0.25) is 0 Å². The minimum absolute atomic E-state index is 0.0272. The Morgan fingerprint density at radius 1 is 1.29 bits per heavy atom. The first-order valence-corrected chi connectivity index (χ1v) is 5.67. The van der Waals surface area contributed by atoms with Crippen LogP contribution in [0.3, 0.4) is 0 Å². The molecule has 0 heterocycles. The third-order valence-electron chi connectivity index (χ3n) is 4.00. The molecule has 0 aromatic carbocycles. The molecule has 2 aliphatic carbocycles. The molecular weight excluding hydrogens is 174 g/mol. The number of isocyanates is 1. The van der Waals surface area contributed by atoms with Gasteiger partial charge in [-0.25, -0.2) is 4.79 Å². The van der Waals surface area contributed by atoms with Crippen molar-refractivity contribution in [1.29, 1.82) is 0 Å². The summed E-state index contributed by atoms with van der Waals surface area (Å²) in [4.78, 5) is 14.4. The summed E-state index contributed by atoms with van der Waals surface area (Å²) in [7, 11) is 0. The molecule has 0 radical (unpaired) electrons. The number of nitrogens with zero attached hydrogens (tertiary/aromatic N) is 1. The molecule has 2 aliphatic rings. The van der Waals surface area contributed by atoms with Gasteiger partial charge in [0.05, 0.1) is 5.54 Å². The molecule has 0 amide bonds. The summed E-state index contributed by atoms with van der Waals surface area (Å²) in [6, 6.07) is 0. The summed E-state index contributed by atoms with van der Waals surface area (Å²) in [5, 5.41) is 0. The zero-order valence-electron chi connectivity index (χ0n) is 9.18. The van der Waals surface area contributed by atoms with E-state index in [9.17, 15) is 4.79 Å². The van der Waals surface area contributed by atoms with E-state index in [4.69, 9.17) is 0 Å². The van der Waals surface area contributed by atoms with Gasteiger partial charge in [0.15, 0.2) is 0 Å². The van der Waals surface area contributed by atoms with Crippen LogP contribution in [-0.4, -0.2) is 11.6 Å². The third-order valence-corrected chi connectivity index (χ3v) is 4.00. The van der Waals surface area contributed by atoms with E-state index in [0.717, 1.165) is 12.8 Å². The van der Waals surface area contributed by atoms with Crippen molar-refractivity contribution in [3.63, 3.8) is 0 Å². The Kier molecular flexibility index (Phi) is 2.27. The van der Waals surface area contributed by atoms with E-state index in [1.165, 1.54) is 25.7 Å². The van der Waals surface area contributed by atoms with E-state index in [-0.39, 0.29) is 5.54 Å². The van der Waals surface area contributed by atoms with Gasteiger partial charge in [0, 0.05) is 0 Å². The van der Waals surface area contributed by atoms with Crippen molar-refractivity contribution < 1.29 is 4.79 Å². The molecule has 14 heavy (non-hydrogen) atoms. The maximum Gasteiger partial charge on any atom is 0.235 e. The van der Waals surface area contributed by atoms with E-state index < -0.39 is 0 Å². The average molecular weight is 193 g/mol. The Hall–Kier alpha value is -0.620. The van der Waals surface area contributed by atoms with Crippen LogP contribution in [0, 0.1) is 11.3 Å². The van der Waals surface area contributed by atoms with E-state index in [2.05, 4.69) is 18.8 Å². The second-order valence-corrected chi connectivity index (χ2v) is 5.76. The summed E-state index contributed by atoms with van der Waals surface area (Å²) in [5.74, 6) is 0.646. The highest BCUT2D eigenvalue weighted by atomic mass is 16.1. The molecule has 1 atom stereocenters. The molecule has 0 aromatic heterocycles. The SMILES string of the molecule is CC1(C)CCCC(C2(N=C=O)CC2)C1. The van der Waals surface area contributed by atoms with Crippen molar-refractivity contribution in [2.75, 3.05) is 0 Å². The second-order valence-electron chi connectivity index (χ2n) is 5.76. The van der Waals surface area contributed by atoms with Gasteiger partial charge in [-0.15, -0.1) is 0 Å². The molecule has 78 valence electrons. The van der Waals surface area contributed by atoms with E-state index in [1.807, 2.05) is 0 Å². The van der Waals surface area contributed by atoms with Gasteiger partial charge in [0.1, 0.15) is 0 Å². The molecule has 0 N–H and O–H groups in total. The van der Waals surface area contributed by atoms with Gasteiger partial charge < -0.3 is 0 Å². The molecule has 0 aromatic rings. The molecule has 1 unspecified atom stereocenters. The normalized spacial score (nSPS) is 33.1. The molecule has 2 fully saturated rings. The highest BCUT2D eigenvalue weighted by Gasteiger charge is 2.51. The van der Waals surface area contributed by atoms with E-state index in [1.54, 1.807) is 6.08 Å². The van der Waals surface area contributed by atoms with Crippen molar-refractivity contribution in [1.82, 2.24) is 0 Å². The lowest BCUT2D eigenvalue weighted by molar-refractivity contribution is 0.154. The molecule has 0 spiro atoms. The lowest BCUT2D eigenvalue weighted by Crippen LogP contribution is -2.31. The first-order chi connectivity index (χ1) is 6.58. The van der Waals surface area contributed by atoms with Crippen LogP contribution in [0.25, 0.3) is 0 Å². The molecule has 2 heteroatoms. The first-order valence-electron chi connectivity index (χ1n) is 5.67. The largest absolute Gasteiger partial charge is 0.235 e.